The summed E-state index contributed by atoms with van der Waals surface area (Å²) in [5.74, 6) is -0.124. The minimum atomic E-state index is -0.124. The maximum atomic E-state index is 12.4. The summed E-state index contributed by atoms with van der Waals surface area (Å²) in [4.78, 5) is 17.0. The van der Waals surface area contributed by atoms with E-state index in [-0.39, 0.29) is 5.91 Å². The van der Waals surface area contributed by atoms with Crippen LogP contribution in [0.1, 0.15) is 38.2 Å². The van der Waals surface area contributed by atoms with Crippen molar-refractivity contribution in [3.8, 4) is 11.3 Å². The molecule has 0 saturated heterocycles. The summed E-state index contributed by atoms with van der Waals surface area (Å²) in [6, 6.07) is 10.1. The molecule has 1 N–H and O–H groups in total. The summed E-state index contributed by atoms with van der Waals surface area (Å²) in [6.45, 7) is 10.4. The molecule has 4 heteroatoms. The first kappa shape index (κ1) is 17.4. The van der Waals surface area contributed by atoms with Crippen LogP contribution in [0.15, 0.2) is 35.7 Å². The van der Waals surface area contributed by atoms with Gasteiger partial charge in [-0.3, -0.25) is 10.1 Å². The van der Waals surface area contributed by atoms with E-state index in [0.717, 1.165) is 16.8 Å². The van der Waals surface area contributed by atoms with Crippen molar-refractivity contribution in [1.82, 2.24) is 4.98 Å². The summed E-state index contributed by atoms with van der Waals surface area (Å²) in [6.07, 6.45) is 0. The third-order valence-corrected chi connectivity index (χ3v) is 5.37. The monoisotopic (exact) mass is 350 g/mol. The second-order valence-electron chi connectivity index (χ2n) is 6.54. The highest BCUT2D eigenvalue weighted by Crippen LogP contribution is 2.29. The zero-order chi connectivity index (χ0) is 18.1. The molecule has 3 rings (SSSR count). The van der Waals surface area contributed by atoms with Crippen molar-refractivity contribution < 1.29 is 4.79 Å². The van der Waals surface area contributed by atoms with Gasteiger partial charge in [-0.2, -0.15) is 0 Å². The van der Waals surface area contributed by atoms with Gasteiger partial charge in [0.25, 0.3) is 5.91 Å². The number of rotatable bonds is 3. The molecule has 3 nitrogen and oxygen atoms in total. The molecule has 1 aromatic heterocycles. The van der Waals surface area contributed by atoms with Crippen LogP contribution >= 0.6 is 11.3 Å². The molecular formula is C21H22N2OS. The van der Waals surface area contributed by atoms with E-state index >= 15 is 0 Å². The molecule has 0 unspecified atom stereocenters. The minimum Gasteiger partial charge on any atom is -0.298 e. The van der Waals surface area contributed by atoms with Crippen molar-refractivity contribution in [1.29, 1.82) is 0 Å². The second-order valence-corrected chi connectivity index (χ2v) is 7.40. The van der Waals surface area contributed by atoms with E-state index in [0.29, 0.717) is 10.7 Å². The number of nitrogens with zero attached hydrogens (tertiary/aromatic N) is 1. The van der Waals surface area contributed by atoms with Crippen LogP contribution in [0.25, 0.3) is 11.3 Å². The minimum absolute atomic E-state index is 0.124. The molecule has 0 atom stereocenters. The number of aryl methyl sites for hydroxylation is 5. The summed E-state index contributed by atoms with van der Waals surface area (Å²) < 4.78 is 0. The van der Waals surface area contributed by atoms with Crippen molar-refractivity contribution in [2.24, 2.45) is 0 Å². The molecule has 128 valence electrons. The number of aromatic nitrogens is 1. The Hall–Kier alpha value is -2.46. The van der Waals surface area contributed by atoms with Crippen molar-refractivity contribution in [2.75, 3.05) is 5.32 Å². The highest BCUT2D eigenvalue weighted by molar-refractivity contribution is 7.14. The van der Waals surface area contributed by atoms with Gasteiger partial charge in [0.15, 0.2) is 5.13 Å². The SMILES string of the molecule is Cc1ccc(C(=O)Nc2nc(-c3cc(C)c(C)cc3C)cs2)cc1C. The number of hydrogen-bond acceptors (Lipinski definition) is 3. The molecule has 25 heavy (non-hydrogen) atoms. The van der Waals surface area contributed by atoms with E-state index in [4.69, 9.17) is 0 Å². The fraction of sp³-hybridized carbons (Fsp3) is 0.238. The van der Waals surface area contributed by atoms with Gasteiger partial charge in [0, 0.05) is 16.5 Å². The molecule has 0 bridgehead atoms. The molecule has 2 aromatic carbocycles. The third-order valence-electron chi connectivity index (χ3n) is 4.61. The Morgan fingerprint density at radius 3 is 2.28 bits per heavy atom. The van der Waals surface area contributed by atoms with E-state index in [9.17, 15) is 4.79 Å². The largest absolute Gasteiger partial charge is 0.298 e. The van der Waals surface area contributed by atoms with E-state index in [1.165, 1.54) is 33.6 Å². The molecule has 3 aromatic rings. The van der Waals surface area contributed by atoms with Crippen LogP contribution in [0.2, 0.25) is 0 Å². The molecular weight excluding hydrogens is 328 g/mol. The summed E-state index contributed by atoms with van der Waals surface area (Å²) in [5.41, 5.74) is 8.68. The Balaban J connectivity index is 1.83. The molecule has 0 spiro atoms. The van der Waals surface area contributed by atoms with Gasteiger partial charge >= 0.3 is 0 Å². The van der Waals surface area contributed by atoms with Gasteiger partial charge in [-0.05, 0) is 80.6 Å². The lowest BCUT2D eigenvalue weighted by atomic mass is 9.99. The molecule has 0 aliphatic rings. The number of hydrogen-bond donors (Lipinski definition) is 1. The van der Waals surface area contributed by atoms with E-state index < -0.39 is 0 Å². The number of benzene rings is 2. The van der Waals surface area contributed by atoms with Gasteiger partial charge in [-0.25, -0.2) is 4.98 Å². The standard InChI is InChI=1S/C21H22N2OS/c1-12-6-7-17(9-14(12)3)20(24)23-21-22-19(11-25-21)18-10-15(4)13(2)8-16(18)5/h6-11H,1-5H3,(H,22,23,24). The molecule has 0 radical (unpaired) electrons. The Labute approximate surface area is 152 Å². The van der Waals surface area contributed by atoms with Gasteiger partial charge < -0.3 is 0 Å². The van der Waals surface area contributed by atoms with Gasteiger partial charge in [-0.15, -0.1) is 11.3 Å². The third kappa shape index (κ3) is 3.64. The summed E-state index contributed by atoms with van der Waals surface area (Å²) in [5, 5.41) is 5.52. The van der Waals surface area contributed by atoms with Crippen LogP contribution in [0, 0.1) is 34.6 Å². The molecule has 0 saturated carbocycles. The molecule has 0 fully saturated rings. The molecule has 0 aliphatic heterocycles. The Bertz CT molecular complexity index is 957. The van der Waals surface area contributed by atoms with Crippen molar-refractivity contribution in [2.45, 2.75) is 34.6 Å². The molecule has 1 amide bonds. The van der Waals surface area contributed by atoms with E-state index in [1.54, 1.807) is 0 Å². The first-order chi connectivity index (χ1) is 11.8. The van der Waals surface area contributed by atoms with Crippen LogP contribution in [-0.2, 0) is 0 Å². The van der Waals surface area contributed by atoms with Crippen LogP contribution in [0.4, 0.5) is 5.13 Å². The molecule has 1 heterocycles. The Kier molecular flexibility index (Phi) is 4.73. The topological polar surface area (TPSA) is 42.0 Å². The van der Waals surface area contributed by atoms with Crippen molar-refractivity contribution in [3.05, 3.63) is 69.1 Å². The highest BCUT2D eigenvalue weighted by atomic mass is 32.1. The number of carbonyl (C=O) groups excluding carboxylic acids is 1. The van der Waals surface area contributed by atoms with Gasteiger partial charge in [0.1, 0.15) is 0 Å². The van der Waals surface area contributed by atoms with Gasteiger partial charge in [0.05, 0.1) is 5.69 Å². The average Bonchev–Trinajstić information content (AvgIpc) is 3.01. The van der Waals surface area contributed by atoms with Gasteiger partial charge in [-0.1, -0.05) is 12.1 Å². The highest BCUT2D eigenvalue weighted by Gasteiger charge is 2.12. The maximum absolute atomic E-state index is 12.4. The van der Waals surface area contributed by atoms with Crippen LogP contribution < -0.4 is 5.32 Å². The van der Waals surface area contributed by atoms with E-state index in [1.807, 2.05) is 37.4 Å². The first-order valence-electron chi connectivity index (χ1n) is 8.27. The number of thiazole rings is 1. The Morgan fingerprint density at radius 2 is 1.56 bits per heavy atom. The first-order valence-corrected chi connectivity index (χ1v) is 9.15. The number of nitrogens with one attached hydrogen (secondary N) is 1. The summed E-state index contributed by atoms with van der Waals surface area (Å²) in [7, 11) is 0. The fourth-order valence-corrected chi connectivity index (χ4v) is 3.45. The zero-order valence-corrected chi connectivity index (χ0v) is 16.0. The molecule has 0 aliphatic carbocycles. The van der Waals surface area contributed by atoms with Crippen LogP contribution in [0.3, 0.4) is 0 Å². The normalized spacial score (nSPS) is 10.8. The van der Waals surface area contributed by atoms with E-state index in [2.05, 4.69) is 43.2 Å². The lowest BCUT2D eigenvalue weighted by Crippen LogP contribution is -2.12. The fourth-order valence-electron chi connectivity index (χ4n) is 2.74. The van der Waals surface area contributed by atoms with Crippen LogP contribution in [-0.4, -0.2) is 10.9 Å². The average molecular weight is 350 g/mol. The van der Waals surface area contributed by atoms with Crippen molar-refractivity contribution in [3.63, 3.8) is 0 Å². The van der Waals surface area contributed by atoms with Crippen molar-refractivity contribution >= 4 is 22.4 Å². The van der Waals surface area contributed by atoms with Crippen LogP contribution in [0.5, 0.6) is 0 Å². The lowest BCUT2D eigenvalue weighted by Gasteiger charge is -2.07. The number of anilines is 1. The quantitative estimate of drug-likeness (QED) is 0.667. The smallest absolute Gasteiger partial charge is 0.257 e. The summed E-state index contributed by atoms with van der Waals surface area (Å²) >= 11 is 1.45. The number of amides is 1. The van der Waals surface area contributed by atoms with Gasteiger partial charge in [0.2, 0.25) is 0 Å². The maximum Gasteiger partial charge on any atom is 0.257 e. The number of carbonyl (C=O) groups is 1. The zero-order valence-electron chi connectivity index (χ0n) is 15.2. The lowest BCUT2D eigenvalue weighted by molar-refractivity contribution is 0.102. The second kappa shape index (κ2) is 6.81. The predicted octanol–water partition coefficient (Wildman–Crippen LogP) is 5.60. The Morgan fingerprint density at radius 1 is 0.880 bits per heavy atom. The predicted molar refractivity (Wildman–Crippen MR) is 106 cm³/mol.